The lowest BCUT2D eigenvalue weighted by Crippen LogP contribution is -2.40. The Labute approximate surface area is 140 Å². The van der Waals surface area contributed by atoms with E-state index in [4.69, 9.17) is 9.47 Å². The van der Waals surface area contributed by atoms with E-state index in [9.17, 15) is 9.59 Å². The summed E-state index contributed by atoms with van der Waals surface area (Å²) in [6, 6.07) is 14.3. The highest BCUT2D eigenvalue weighted by atomic mass is 16.5. The van der Waals surface area contributed by atoms with Gasteiger partial charge in [0.15, 0.2) is 12.4 Å². The van der Waals surface area contributed by atoms with Crippen molar-refractivity contribution in [1.82, 2.24) is 0 Å². The molecule has 1 amide bonds. The molecule has 0 radical (unpaired) electrons. The van der Waals surface area contributed by atoms with Crippen LogP contribution >= 0.6 is 0 Å². The number of hydrogen-bond donors (Lipinski definition) is 0. The van der Waals surface area contributed by atoms with Gasteiger partial charge in [0.25, 0.3) is 5.91 Å². The second kappa shape index (κ2) is 7.17. The molecule has 0 N–H and O–H groups in total. The highest BCUT2D eigenvalue weighted by Gasteiger charge is 2.23. The van der Waals surface area contributed by atoms with Crippen LogP contribution in [0.1, 0.15) is 23.7 Å². The molecule has 5 nitrogen and oxygen atoms in total. The van der Waals surface area contributed by atoms with E-state index in [1.165, 1.54) is 0 Å². The van der Waals surface area contributed by atoms with Gasteiger partial charge >= 0.3 is 0 Å². The summed E-state index contributed by atoms with van der Waals surface area (Å²) in [6.45, 7) is 2.74. The van der Waals surface area contributed by atoms with Gasteiger partial charge < -0.3 is 14.4 Å². The molecule has 0 aliphatic carbocycles. The summed E-state index contributed by atoms with van der Waals surface area (Å²) >= 11 is 0. The van der Waals surface area contributed by atoms with Crippen LogP contribution in [0, 0.1) is 0 Å². The maximum Gasteiger partial charge on any atom is 0.265 e. The third-order valence-electron chi connectivity index (χ3n) is 3.89. The number of carbonyl (C=O) groups excluding carboxylic acids is 2. The average molecular weight is 325 g/mol. The van der Waals surface area contributed by atoms with E-state index in [1.54, 1.807) is 29.2 Å². The molecule has 0 bridgehead atoms. The molecule has 124 valence electrons. The number of benzene rings is 2. The summed E-state index contributed by atoms with van der Waals surface area (Å²) in [4.78, 5) is 25.7. The topological polar surface area (TPSA) is 55.8 Å². The predicted molar refractivity (Wildman–Crippen MR) is 90.8 cm³/mol. The second-order valence-electron chi connectivity index (χ2n) is 5.45. The number of amides is 1. The summed E-state index contributed by atoms with van der Waals surface area (Å²) in [5.74, 6) is 1.24. The van der Waals surface area contributed by atoms with Crippen molar-refractivity contribution in [2.75, 3.05) is 24.7 Å². The van der Waals surface area contributed by atoms with Gasteiger partial charge in [-0.2, -0.15) is 0 Å². The third-order valence-corrected chi connectivity index (χ3v) is 3.89. The molecule has 5 heteroatoms. The van der Waals surface area contributed by atoms with E-state index in [0.29, 0.717) is 36.6 Å². The van der Waals surface area contributed by atoms with Crippen LogP contribution in [-0.2, 0) is 4.79 Å². The fourth-order valence-electron chi connectivity index (χ4n) is 2.59. The van der Waals surface area contributed by atoms with Crippen molar-refractivity contribution in [2.24, 2.45) is 0 Å². The van der Waals surface area contributed by atoms with Crippen LogP contribution in [0.5, 0.6) is 11.5 Å². The molecule has 1 heterocycles. The van der Waals surface area contributed by atoms with E-state index < -0.39 is 0 Å². The monoisotopic (exact) mass is 325 g/mol. The predicted octanol–water partition coefficient (Wildman–Crippen LogP) is 3.08. The third kappa shape index (κ3) is 3.40. The van der Waals surface area contributed by atoms with Crippen molar-refractivity contribution < 1.29 is 19.1 Å². The van der Waals surface area contributed by atoms with Crippen molar-refractivity contribution in [3.05, 3.63) is 54.1 Å². The summed E-state index contributed by atoms with van der Waals surface area (Å²) in [5, 5.41) is 0. The smallest absolute Gasteiger partial charge is 0.265 e. The van der Waals surface area contributed by atoms with Gasteiger partial charge in [-0.25, -0.2) is 0 Å². The van der Waals surface area contributed by atoms with E-state index in [0.717, 1.165) is 5.69 Å². The van der Waals surface area contributed by atoms with Crippen molar-refractivity contribution in [3.8, 4) is 11.5 Å². The van der Waals surface area contributed by atoms with Crippen molar-refractivity contribution >= 4 is 17.4 Å². The van der Waals surface area contributed by atoms with Gasteiger partial charge in [-0.15, -0.1) is 0 Å². The molecule has 2 aromatic carbocycles. The van der Waals surface area contributed by atoms with Gasteiger partial charge in [-0.05, 0) is 36.4 Å². The lowest BCUT2D eigenvalue weighted by atomic mass is 10.1. The summed E-state index contributed by atoms with van der Waals surface area (Å²) in [7, 11) is 0. The number of hydrogen-bond acceptors (Lipinski definition) is 4. The summed E-state index contributed by atoms with van der Waals surface area (Å²) in [6.07, 6.45) is 0.467. The molecular formula is C19H19NO4. The molecule has 0 unspecified atom stereocenters. The molecular weight excluding hydrogens is 306 g/mol. The normalized spacial score (nSPS) is 13.0. The fourth-order valence-corrected chi connectivity index (χ4v) is 2.59. The maximum absolute atomic E-state index is 12.4. The van der Waals surface area contributed by atoms with Crippen molar-refractivity contribution in [3.63, 3.8) is 0 Å². The molecule has 0 saturated heterocycles. The van der Waals surface area contributed by atoms with Crippen LogP contribution in [-0.4, -0.2) is 31.4 Å². The Morgan fingerprint density at radius 3 is 2.62 bits per heavy atom. The number of rotatable bonds is 5. The minimum atomic E-state index is -0.125. The first kappa shape index (κ1) is 16.1. The van der Waals surface area contributed by atoms with Crippen LogP contribution in [0.25, 0.3) is 0 Å². The van der Waals surface area contributed by atoms with Crippen molar-refractivity contribution in [1.29, 1.82) is 0 Å². The largest absolute Gasteiger partial charge is 0.490 e. The number of ether oxygens (including phenoxy) is 2. The summed E-state index contributed by atoms with van der Waals surface area (Å²) in [5.41, 5.74) is 1.42. The van der Waals surface area contributed by atoms with Gasteiger partial charge in [0.1, 0.15) is 18.1 Å². The molecule has 1 aliphatic heterocycles. The Balaban J connectivity index is 1.63. The Bertz CT molecular complexity index is 739. The number of fused-ring (bicyclic) bond motifs is 1. The molecule has 0 saturated carbocycles. The second-order valence-corrected chi connectivity index (χ2v) is 5.45. The molecule has 24 heavy (non-hydrogen) atoms. The van der Waals surface area contributed by atoms with E-state index >= 15 is 0 Å². The molecule has 0 aromatic heterocycles. The number of Topliss-reactive ketones (excluding diaryl/α,β-unsaturated/α-hetero) is 1. The Morgan fingerprint density at radius 1 is 1.12 bits per heavy atom. The van der Waals surface area contributed by atoms with Crippen LogP contribution in [0.2, 0.25) is 0 Å². The van der Waals surface area contributed by atoms with E-state index in [1.807, 2.05) is 31.2 Å². The zero-order valence-electron chi connectivity index (χ0n) is 13.5. The average Bonchev–Trinajstić information content (AvgIpc) is 2.65. The van der Waals surface area contributed by atoms with Crippen LogP contribution in [0.4, 0.5) is 5.69 Å². The standard InChI is InChI=1S/C19H19NO4/c1-2-17(21)14-7-9-15(10-8-14)24-13-19(22)20-11-12-23-18-6-4-3-5-16(18)20/h3-10H,2,11-13H2,1H3. The van der Waals surface area contributed by atoms with Crippen LogP contribution in [0.15, 0.2) is 48.5 Å². The zero-order valence-corrected chi connectivity index (χ0v) is 13.5. The highest BCUT2D eigenvalue weighted by molar-refractivity contribution is 5.97. The number of anilines is 1. The maximum atomic E-state index is 12.4. The van der Waals surface area contributed by atoms with E-state index in [2.05, 4.69) is 0 Å². The highest BCUT2D eigenvalue weighted by Crippen LogP contribution is 2.30. The van der Waals surface area contributed by atoms with Gasteiger partial charge in [0.2, 0.25) is 0 Å². The Kier molecular flexibility index (Phi) is 4.79. The molecule has 0 fully saturated rings. The van der Waals surface area contributed by atoms with E-state index in [-0.39, 0.29) is 18.3 Å². The van der Waals surface area contributed by atoms with Crippen LogP contribution in [0.3, 0.4) is 0 Å². The van der Waals surface area contributed by atoms with Gasteiger partial charge in [0.05, 0.1) is 12.2 Å². The Morgan fingerprint density at radius 2 is 1.88 bits per heavy atom. The zero-order chi connectivity index (χ0) is 16.9. The first-order valence-corrected chi connectivity index (χ1v) is 7.97. The molecule has 0 spiro atoms. The first-order valence-electron chi connectivity index (χ1n) is 7.97. The summed E-state index contributed by atoms with van der Waals surface area (Å²) < 4.78 is 11.1. The lowest BCUT2D eigenvalue weighted by Gasteiger charge is -2.29. The van der Waals surface area contributed by atoms with Gasteiger partial charge in [0, 0.05) is 12.0 Å². The number of carbonyl (C=O) groups is 2. The fraction of sp³-hybridized carbons (Fsp3) is 0.263. The number of ketones is 1. The lowest BCUT2D eigenvalue weighted by molar-refractivity contribution is -0.120. The molecule has 0 atom stereocenters. The molecule has 3 rings (SSSR count). The first-order chi connectivity index (χ1) is 11.7. The minimum absolute atomic E-state index is 0.0601. The van der Waals surface area contributed by atoms with Gasteiger partial charge in [-0.3, -0.25) is 9.59 Å². The number of para-hydroxylation sites is 2. The Hall–Kier alpha value is -2.82. The SMILES string of the molecule is CCC(=O)c1ccc(OCC(=O)N2CCOc3ccccc32)cc1. The van der Waals surface area contributed by atoms with Crippen molar-refractivity contribution in [2.45, 2.75) is 13.3 Å². The quantitative estimate of drug-likeness (QED) is 0.793. The van der Waals surface area contributed by atoms with Crippen LogP contribution < -0.4 is 14.4 Å². The molecule has 2 aromatic rings. The van der Waals surface area contributed by atoms with Gasteiger partial charge in [-0.1, -0.05) is 19.1 Å². The molecule has 1 aliphatic rings. The number of nitrogens with zero attached hydrogens (tertiary/aromatic N) is 1. The minimum Gasteiger partial charge on any atom is -0.490 e.